The molecular formula is C20H25N3O3S2. The first kappa shape index (κ1) is 19.6. The molecule has 0 amide bonds. The predicted molar refractivity (Wildman–Crippen MR) is 111 cm³/mol. The van der Waals surface area contributed by atoms with Crippen LogP contribution in [0.25, 0.3) is 11.1 Å². The molecular weight excluding hydrogens is 394 g/mol. The Labute approximate surface area is 169 Å². The molecule has 0 unspecified atom stereocenters. The minimum Gasteiger partial charge on any atom is -0.439 e. The molecule has 0 N–H and O–H groups in total. The maximum atomic E-state index is 12.6. The molecule has 1 aromatic carbocycles. The zero-order valence-electron chi connectivity index (χ0n) is 16.4. The van der Waals surface area contributed by atoms with Crippen molar-refractivity contribution in [3.05, 3.63) is 47.2 Å². The number of hydrogen-bond acceptors (Lipinski definition) is 6. The third-order valence-corrected chi connectivity index (χ3v) is 8.35. The number of aromatic nitrogens is 1. The summed E-state index contributed by atoms with van der Waals surface area (Å²) < 4.78 is 33.1. The van der Waals surface area contributed by atoms with Crippen LogP contribution in [0.1, 0.15) is 32.2 Å². The summed E-state index contributed by atoms with van der Waals surface area (Å²) in [6.45, 7) is 9.42. The average molecular weight is 420 g/mol. The van der Waals surface area contributed by atoms with Crippen molar-refractivity contribution in [1.82, 2.24) is 14.2 Å². The highest BCUT2D eigenvalue weighted by atomic mass is 32.2. The fourth-order valence-corrected chi connectivity index (χ4v) is 5.93. The van der Waals surface area contributed by atoms with Crippen molar-refractivity contribution in [3.63, 3.8) is 0 Å². The first-order valence-corrected chi connectivity index (χ1v) is 11.7. The Balaban J connectivity index is 1.42. The fraction of sp³-hybridized carbons (Fsp3) is 0.450. The normalized spacial score (nSPS) is 17.4. The molecule has 0 aliphatic carbocycles. The van der Waals surface area contributed by atoms with Crippen LogP contribution in [0.2, 0.25) is 0 Å². The van der Waals surface area contributed by atoms with Crippen molar-refractivity contribution in [2.45, 2.75) is 36.9 Å². The number of rotatable bonds is 4. The van der Waals surface area contributed by atoms with Gasteiger partial charge in [-0.25, -0.2) is 13.4 Å². The Bertz CT molecular complexity index is 1060. The van der Waals surface area contributed by atoms with Crippen LogP contribution in [0, 0.1) is 0 Å². The summed E-state index contributed by atoms with van der Waals surface area (Å²) in [7, 11) is -3.37. The number of fused-ring (bicyclic) bond motifs is 1. The van der Waals surface area contributed by atoms with Gasteiger partial charge in [0.1, 0.15) is 9.73 Å². The summed E-state index contributed by atoms with van der Waals surface area (Å²) in [5.41, 5.74) is 2.97. The molecule has 0 radical (unpaired) electrons. The minimum atomic E-state index is -3.37. The van der Waals surface area contributed by atoms with Gasteiger partial charge in [-0.3, -0.25) is 4.90 Å². The van der Waals surface area contributed by atoms with E-state index in [4.69, 9.17) is 4.42 Å². The van der Waals surface area contributed by atoms with E-state index in [1.165, 1.54) is 16.9 Å². The molecule has 0 saturated carbocycles. The molecule has 1 aliphatic heterocycles. The molecule has 0 bridgehead atoms. The second-order valence-electron chi connectivity index (χ2n) is 8.15. The lowest BCUT2D eigenvalue weighted by atomic mass is 9.87. The van der Waals surface area contributed by atoms with Crippen molar-refractivity contribution in [2.75, 3.05) is 26.2 Å². The van der Waals surface area contributed by atoms with Crippen LogP contribution in [0.3, 0.4) is 0 Å². The molecule has 1 aliphatic rings. The van der Waals surface area contributed by atoms with E-state index in [9.17, 15) is 8.42 Å². The van der Waals surface area contributed by atoms with E-state index in [-0.39, 0.29) is 5.41 Å². The molecule has 0 atom stereocenters. The lowest BCUT2D eigenvalue weighted by molar-refractivity contribution is 0.169. The van der Waals surface area contributed by atoms with Crippen LogP contribution in [0.15, 0.2) is 44.3 Å². The summed E-state index contributed by atoms with van der Waals surface area (Å²) in [6.07, 6.45) is 0. The van der Waals surface area contributed by atoms with Crippen molar-refractivity contribution >= 4 is 32.5 Å². The average Bonchev–Trinajstić information content (AvgIpc) is 3.30. The van der Waals surface area contributed by atoms with Crippen molar-refractivity contribution in [2.24, 2.45) is 0 Å². The zero-order valence-corrected chi connectivity index (χ0v) is 18.0. The molecule has 8 heteroatoms. The van der Waals surface area contributed by atoms with E-state index >= 15 is 0 Å². The van der Waals surface area contributed by atoms with E-state index in [0.29, 0.717) is 42.8 Å². The molecule has 150 valence electrons. The molecule has 3 heterocycles. The summed E-state index contributed by atoms with van der Waals surface area (Å²) in [4.78, 5) is 6.84. The van der Waals surface area contributed by atoms with E-state index < -0.39 is 10.0 Å². The maximum Gasteiger partial charge on any atom is 0.252 e. The van der Waals surface area contributed by atoms with Gasteiger partial charge >= 0.3 is 0 Å². The summed E-state index contributed by atoms with van der Waals surface area (Å²) in [6, 6.07) is 9.60. The fourth-order valence-electron chi connectivity index (χ4n) is 3.37. The Hall–Kier alpha value is -1.74. The standard InChI is InChI=1S/C20H25N3O3S2/c1-20(2,3)15-6-7-17-16(13-15)21-18(26-17)14-22-8-10-23(11-9-22)28(24,25)19-5-4-12-27-19/h4-7,12-13H,8-11,14H2,1-3H3. The first-order valence-electron chi connectivity index (χ1n) is 9.39. The first-order chi connectivity index (χ1) is 13.2. The highest BCUT2D eigenvalue weighted by molar-refractivity contribution is 7.91. The third kappa shape index (κ3) is 3.87. The summed E-state index contributed by atoms with van der Waals surface area (Å²) in [5, 5.41) is 1.79. The van der Waals surface area contributed by atoms with Gasteiger partial charge in [0.15, 0.2) is 5.58 Å². The van der Waals surface area contributed by atoms with Crippen molar-refractivity contribution in [1.29, 1.82) is 0 Å². The lowest BCUT2D eigenvalue weighted by Gasteiger charge is -2.32. The van der Waals surface area contributed by atoms with Gasteiger partial charge < -0.3 is 4.42 Å². The number of benzene rings is 1. The van der Waals surface area contributed by atoms with Crippen molar-refractivity contribution < 1.29 is 12.8 Å². The van der Waals surface area contributed by atoms with Crippen molar-refractivity contribution in [3.8, 4) is 0 Å². The number of thiophene rings is 1. The van der Waals surface area contributed by atoms with Gasteiger partial charge in [0.25, 0.3) is 10.0 Å². The van der Waals surface area contributed by atoms with Gasteiger partial charge in [-0.2, -0.15) is 4.31 Å². The predicted octanol–water partition coefficient (Wildman–Crippen LogP) is 3.69. The van der Waals surface area contributed by atoms with Crippen LogP contribution < -0.4 is 0 Å². The second kappa shape index (κ2) is 7.26. The van der Waals surface area contributed by atoms with E-state index in [1.807, 2.05) is 6.07 Å². The van der Waals surface area contributed by atoms with Gasteiger partial charge in [0, 0.05) is 26.2 Å². The molecule has 4 rings (SSSR count). The Morgan fingerprint density at radius 2 is 1.89 bits per heavy atom. The Morgan fingerprint density at radius 1 is 1.14 bits per heavy atom. The van der Waals surface area contributed by atoms with E-state index in [1.54, 1.807) is 21.8 Å². The van der Waals surface area contributed by atoms with Gasteiger partial charge in [0.2, 0.25) is 5.89 Å². The third-order valence-electron chi connectivity index (χ3n) is 5.08. The highest BCUT2D eigenvalue weighted by Crippen LogP contribution is 2.27. The molecule has 2 aromatic heterocycles. The van der Waals surface area contributed by atoms with Gasteiger partial charge in [0.05, 0.1) is 6.54 Å². The molecule has 3 aromatic rings. The van der Waals surface area contributed by atoms with Crippen LogP contribution in [-0.4, -0.2) is 48.8 Å². The smallest absolute Gasteiger partial charge is 0.252 e. The van der Waals surface area contributed by atoms with Gasteiger partial charge in [-0.05, 0) is 34.6 Å². The number of piperazine rings is 1. The monoisotopic (exact) mass is 419 g/mol. The molecule has 6 nitrogen and oxygen atoms in total. The SMILES string of the molecule is CC(C)(C)c1ccc2oc(CN3CCN(S(=O)(=O)c4cccs4)CC3)nc2c1. The highest BCUT2D eigenvalue weighted by Gasteiger charge is 2.29. The summed E-state index contributed by atoms with van der Waals surface area (Å²) in [5.74, 6) is 0.677. The summed E-state index contributed by atoms with van der Waals surface area (Å²) >= 11 is 1.26. The number of sulfonamides is 1. The van der Waals surface area contributed by atoms with Crippen LogP contribution >= 0.6 is 11.3 Å². The van der Waals surface area contributed by atoms with Gasteiger partial charge in [-0.1, -0.05) is 32.9 Å². The minimum absolute atomic E-state index is 0.0671. The lowest BCUT2D eigenvalue weighted by Crippen LogP contribution is -2.48. The quantitative estimate of drug-likeness (QED) is 0.645. The molecule has 28 heavy (non-hydrogen) atoms. The largest absolute Gasteiger partial charge is 0.439 e. The molecule has 1 saturated heterocycles. The van der Waals surface area contributed by atoms with Crippen LogP contribution in [-0.2, 0) is 22.0 Å². The van der Waals surface area contributed by atoms with Crippen LogP contribution in [0.5, 0.6) is 0 Å². The second-order valence-corrected chi connectivity index (χ2v) is 11.3. The van der Waals surface area contributed by atoms with Crippen LogP contribution in [0.4, 0.5) is 0 Å². The number of nitrogens with zero attached hydrogens (tertiary/aromatic N) is 3. The Morgan fingerprint density at radius 3 is 2.54 bits per heavy atom. The molecule has 1 fully saturated rings. The maximum absolute atomic E-state index is 12.6. The Kier molecular flexibility index (Phi) is 5.07. The zero-order chi connectivity index (χ0) is 19.9. The molecule has 0 spiro atoms. The van der Waals surface area contributed by atoms with Gasteiger partial charge in [-0.15, -0.1) is 11.3 Å². The van der Waals surface area contributed by atoms with E-state index in [2.05, 4.69) is 42.8 Å². The van der Waals surface area contributed by atoms with E-state index in [0.717, 1.165) is 11.1 Å². The topological polar surface area (TPSA) is 66.7 Å². The number of oxazole rings is 1. The number of hydrogen-bond donors (Lipinski definition) is 0.